The monoisotopic (exact) mass is 503 g/mol. The number of hydrazone groups is 1. The molecule has 0 aliphatic carbocycles. The summed E-state index contributed by atoms with van der Waals surface area (Å²) in [6.07, 6.45) is 0. The number of para-hydroxylation sites is 1. The van der Waals surface area contributed by atoms with E-state index in [1.54, 1.807) is 74.7 Å². The van der Waals surface area contributed by atoms with E-state index < -0.39 is 10.8 Å². The van der Waals surface area contributed by atoms with Crippen LogP contribution in [0.1, 0.15) is 12.5 Å². The third kappa shape index (κ3) is 5.41. The van der Waals surface area contributed by atoms with Crippen LogP contribution in [0.25, 0.3) is 16.6 Å². The molecule has 36 heavy (non-hydrogen) atoms. The van der Waals surface area contributed by atoms with Gasteiger partial charge in [0.25, 0.3) is 17.2 Å². The third-order valence-corrected chi connectivity index (χ3v) is 6.17. The number of fused-ring (bicyclic) bond motifs is 1. The van der Waals surface area contributed by atoms with Crippen LogP contribution in [0.15, 0.2) is 87.8 Å². The Bertz CT molecular complexity index is 1530. The average Bonchev–Trinajstić information content (AvgIpc) is 2.90. The number of nitro benzene ring substituents is 1. The minimum absolute atomic E-state index is 0.0628. The number of non-ortho nitro benzene ring substituents is 1. The minimum atomic E-state index is -0.495. The number of nitrogens with one attached hydrogen (secondary N) is 1. The fourth-order valence-electron chi connectivity index (χ4n) is 3.39. The van der Waals surface area contributed by atoms with Crippen molar-refractivity contribution < 1.29 is 14.5 Å². The molecule has 1 N–H and O–H groups in total. The van der Waals surface area contributed by atoms with Gasteiger partial charge in [-0.2, -0.15) is 5.10 Å². The number of benzene rings is 3. The van der Waals surface area contributed by atoms with Crippen molar-refractivity contribution in [3.63, 3.8) is 0 Å². The second kappa shape index (κ2) is 10.8. The Hall–Kier alpha value is -4.51. The lowest BCUT2D eigenvalue weighted by atomic mass is 10.1. The average molecular weight is 504 g/mol. The fraction of sp³-hybridized carbons (Fsp3) is 0.120. The second-order valence-corrected chi connectivity index (χ2v) is 8.52. The van der Waals surface area contributed by atoms with Gasteiger partial charge in [-0.1, -0.05) is 36.0 Å². The molecule has 11 heteroatoms. The lowest BCUT2D eigenvalue weighted by molar-refractivity contribution is -0.384. The van der Waals surface area contributed by atoms with Crippen LogP contribution in [0, 0.1) is 10.1 Å². The van der Waals surface area contributed by atoms with Crippen molar-refractivity contribution in [3.8, 4) is 11.4 Å². The molecular weight excluding hydrogens is 482 g/mol. The molecule has 0 unspecified atom stereocenters. The normalized spacial score (nSPS) is 11.3. The van der Waals surface area contributed by atoms with Gasteiger partial charge in [-0.25, -0.2) is 10.4 Å². The van der Waals surface area contributed by atoms with Crippen molar-refractivity contribution in [3.05, 3.63) is 98.8 Å². The second-order valence-electron chi connectivity index (χ2n) is 7.58. The molecule has 1 heterocycles. The van der Waals surface area contributed by atoms with Gasteiger partial charge in [0.1, 0.15) is 5.75 Å². The summed E-state index contributed by atoms with van der Waals surface area (Å²) in [4.78, 5) is 40.9. The lowest BCUT2D eigenvalue weighted by Gasteiger charge is -2.13. The van der Waals surface area contributed by atoms with Gasteiger partial charge in [-0.15, -0.1) is 0 Å². The van der Waals surface area contributed by atoms with Gasteiger partial charge < -0.3 is 4.74 Å². The Morgan fingerprint density at radius 3 is 2.61 bits per heavy atom. The Balaban J connectivity index is 1.56. The van der Waals surface area contributed by atoms with Gasteiger partial charge in [0.15, 0.2) is 5.16 Å². The topological polar surface area (TPSA) is 129 Å². The van der Waals surface area contributed by atoms with Gasteiger partial charge >= 0.3 is 0 Å². The molecule has 0 atom stereocenters. The molecule has 4 rings (SSSR count). The van der Waals surface area contributed by atoms with E-state index in [0.717, 1.165) is 11.8 Å². The van der Waals surface area contributed by atoms with E-state index >= 15 is 0 Å². The number of carbonyl (C=O) groups excluding carboxylic acids is 1. The summed E-state index contributed by atoms with van der Waals surface area (Å²) in [5, 5.41) is 15.8. The maximum Gasteiger partial charge on any atom is 0.270 e. The highest BCUT2D eigenvalue weighted by atomic mass is 32.2. The van der Waals surface area contributed by atoms with Crippen LogP contribution >= 0.6 is 11.8 Å². The van der Waals surface area contributed by atoms with Gasteiger partial charge in [0.05, 0.1) is 40.1 Å². The van der Waals surface area contributed by atoms with Crippen molar-refractivity contribution in [2.45, 2.75) is 12.1 Å². The first-order chi connectivity index (χ1) is 17.4. The van der Waals surface area contributed by atoms with Crippen molar-refractivity contribution in [2.75, 3.05) is 12.9 Å². The van der Waals surface area contributed by atoms with E-state index in [4.69, 9.17) is 4.74 Å². The molecule has 1 aromatic heterocycles. The summed E-state index contributed by atoms with van der Waals surface area (Å²) >= 11 is 1.09. The van der Waals surface area contributed by atoms with E-state index in [2.05, 4.69) is 15.5 Å². The first-order valence-electron chi connectivity index (χ1n) is 10.7. The summed E-state index contributed by atoms with van der Waals surface area (Å²) in [5.41, 5.74) is 4.17. The Morgan fingerprint density at radius 1 is 1.14 bits per heavy atom. The molecular formula is C25H21N5O5S. The maximum atomic E-state index is 13.3. The fourth-order valence-corrected chi connectivity index (χ4v) is 4.19. The highest BCUT2D eigenvalue weighted by molar-refractivity contribution is 7.99. The Labute approximate surface area is 209 Å². The lowest BCUT2D eigenvalue weighted by Crippen LogP contribution is -2.24. The number of hydrogen-bond donors (Lipinski definition) is 1. The van der Waals surface area contributed by atoms with E-state index in [0.29, 0.717) is 38.8 Å². The van der Waals surface area contributed by atoms with E-state index in [1.807, 2.05) is 0 Å². The smallest absolute Gasteiger partial charge is 0.270 e. The number of amides is 1. The Kier molecular flexibility index (Phi) is 7.40. The van der Waals surface area contributed by atoms with E-state index in [1.165, 1.54) is 16.7 Å². The van der Waals surface area contributed by atoms with E-state index in [-0.39, 0.29) is 17.0 Å². The van der Waals surface area contributed by atoms with E-state index in [9.17, 15) is 19.7 Å². The zero-order chi connectivity index (χ0) is 25.7. The highest BCUT2D eigenvalue weighted by Crippen LogP contribution is 2.23. The number of hydrogen-bond acceptors (Lipinski definition) is 8. The van der Waals surface area contributed by atoms with Crippen LogP contribution in [0.5, 0.6) is 5.75 Å². The number of rotatable bonds is 8. The van der Waals surface area contributed by atoms with Gasteiger partial charge in [0.2, 0.25) is 0 Å². The number of nitrogens with zero attached hydrogens (tertiary/aromatic N) is 4. The molecule has 0 saturated heterocycles. The van der Waals surface area contributed by atoms with Crippen LogP contribution < -0.4 is 15.7 Å². The molecule has 1 amide bonds. The van der Waals surface area contributed by atoms with Crippen molar-refractivity contribution >= 4 is 40.0 Å². The van der Waals surface area contributed by atoms with Crippen molar-refractivity contribution in [1.29, 1.82) is 0 Å². The number of nitro groups is 1. The first kappa shape index (κ1) is 24.6. The SMILES string of the molecule is COc1ccc(-n2c(SCC(=O)N/N=C(/C)c3cccc([N+](=O)[O-])c3)nc3ccccc3c2=O)cc1. The summed E-state index contributed by atoms with van der Waals surface area (Å²) in [6.45, 7) is 1.64. The van der Waals surface area contributed by atoms with Gasteiger partial charge in [-0.05, 0) is 43.3 Å². The largest absolute Gasteiger partial charge is 0.497 e. The third-order valence-electron chi connectivity index (χ3n) is 5.23. The number of aromatic nitrogens is 2. The zero-order valence-corrected chi connectivity index (χ0v) is 20.2. The summed E-state index contributed by atoms with van der Waals surface area (Å²) in [6, 6.07) is 20.0. The first-order valence-corrected chi connectivity index (χ1v) is 11.7. The molecule has 10 nitrogen and oxygen atoms in total. The summed E-state index contributed by atoms with van der Waals surface area (Å²) in [5.74, 6) is 0.159. The molecule has 0 aliphatic rings. The molecule has 4 aromatic rings. The van der Waals surface area contributed by atoms with Crippen LogP contribution in [0.2, 0.25) is 0 Å². The minimum Gasteiger partial charge on any atom is -0.497 e. The van der Waals surface area contributed by atoms with Crippen LogP contribution in [-0.2, 0) is 4.79 Å². The number of ether oxygens (including phenoxy) is 1. The van der Waals surface area contributed by atoms with Gasteiger partial charge in [-0.3, -0.25) is 24.3 Å². The predicted molar refractivity (Wildman–Crippen MR) is 138 cm³/mol. The van der Waals surface area contributed by atoms with Crippen LogP contribution in [0.4, 0.5) is 5.69 Å². The number of methoxy groups -OCH3 is 1. The predicted octanol–water partition coefficient (Wildman–Crippen LogP) is 3.94. The summed E-state index contributed by atoms with van der Waals surface area (Å²) in [7, 11) is 1.56. The number of carbonyl (C=O) groups is 1. The van der Waals surface area contributed by atoms with Crippen molar-refractivity contribution in [2.24, 2.45) is 5.10 Å². The standard InChI is InChI=1S/C25H21N5O5S/c1-16(17-6-5-7-19(14-17)30(33)34)27-28-23(31)15-36-25-26-22-9-4-3-8-21(22)24(32)29(25)18-10-12-20(35-2)13-11-18/h3-14H,15H2,1-2H3,(H,28,31)/b27-16-. The van der Waals surface area contributed by atoms with Crippen LogP contribution in [0.3, 0.4) is 0 Å². The zero-order valence-electron chi connectivity index (χ0n) is 19.4. The Morgan fingerprint density at radius 2 is 1.89 bits per heavy atom. The molecule has 182 valence electrons. The molecule has 0 spiro atoms. The molecule has 0 radical (unpaired) electrons. The molecule has 0 fully saturated rings. The molecule has 0 saturated carbocycles. The van der Waals surface area contributed by atoms with Gasteiger partial charge in [0, 0.05) is 17.7 Å². The van der Waals surface area contributed by atoms with Crippen molar-refractivity contribution in [1.82, 2.24) is 15.0 Å². The molecule has 0 aliphatic heterocycles. The number of thioether (sulfide) groups is 1. The maximum absolute atomic E-state index is 13.3. The molecule has 3 aromatic carbocycles. The quantitative estimate of drug-likeness (QED) is 0.127. The highest BCUT2D eigenvalue weighted by Gasteiger charge is 2.15. The van der Waals surface area contributed by atoms with Crippen LogP contribution in [-0.4, -0.2) is 39.0 Å². The summed E-state index contributed by atoms with van der Waals surface area (Å²) < 4.78 is 6.66. The molecule has 0 bridgehead atoms.